The lowest BCUT2D eigenvalue weighted by molar-refractivity contribution is -0.200. The smallest absolute Gasteiger partial charge is 0.360 e. The van der Waals surface area contributed by atoms with Crippen LogP contribution in [0, 0.1) is 5.92 Å². The van der Waals surface area contributed by atoms with E-state index in [0.29, 0.717) is 49.4 Å². The van der Waals surface area contributed by atoms with Gasteiger partial charge in [0.1, 0.15) is 18.1 Å². The molecule has 0 spiro atoms. The summed E-state index contributed by atoms with van der Waals surface area (Å²) in [5, 5.41) is 9.22. The second-order valence-electron chi connectivity index (χ2n) is 12.4. The minimum absolute atomic E-state index is 0.00925. The summed E-state index contributed by atoms with van der Waals surface area (Å²) in [5.74, 6) is -0.859. The summed E-state index contributed by atoms with van der Waals surface area (Å²) in [7, 11) is -1.04. The van der Waals surface area contributed by atoms with Crippen molar-refractivity contribution in [3.8, 4) is 17.1 Å². The van der Waals surface area contributed by atoms with Gasteiger partial charge in [-0.1, -0.05) is 79.7 Å². The number of hydrogen-bond donors (Lipinski definition) is 2. The van der Waals surface area contributed by atoms with Gasteiger partial charge in [0.15, 0.2) is 5.76 Å². The van der Waals surface area contributed by atoms with Crippen LogP contribution >= 0.6 is 7.60 Å². The van der Waals surface area contributed by atoms with Crippen LogP contribution in [0.15, 0.2) is 108 Å². The lowest BCUT2D eigenvalue weighted by Gasteiger charge is -2.32. The van der Waals surface area contributed by atoms with Crippen LogP contribution in [0.5, 0.6) is 5.75 Å². The molecule has 5 rings (SSSR count). The molecule has 12 nitrogen and oxygen atoms in total. The minimum Gasteiger partial charge on any atom is -0.494 e. The molecule has 0 bridgehead atoms. The number of hydroxylamine groups is 2. The molecule has 5 aromatic rings. The molecular weight excluding hydrogens is 709 g/mol. The Kier molecular flexibility index (Phi) is 14.2. The Morgan fingerprint density at radius 1 is 0.852 bits per heavy atom. The fourth-order valence-corrected chi connectivity index (χ4v) is 7.40. The maximum Gasteiger partial charge on any atom is 0.360 e. The Bertz CT molecular complexity index is 2060. The molecule has 1 heterocycles. The van der Waals surface area contributed by atoms with Crippen molar-refractivity contribution in [3.63, 3.8) is 0 Å². The number of rotatable bonds is 20. The first-order valence-electron chi connectivity index (χ1n) is 17.8. The number of fused-ring (bicyclic) bond motifs is 1. The number of hydrogen-bond acceptors (Lipinski definition) is 9. The summed E-state index contributed by atoms with van der Waals surface area (Å²) in [6.07, 6.45) is 2.04. The van der Waals surface area contributed by atoms with Gasteiger partial charge in [-0.05, 0) is 78.4 Å². The molecule has 3 amide bonds. The van der Waals surface area contributed by atoms with Crippen molar-refractivity contribution in [2.75, 3.05) is 27.5 Å². The van der Waals surface area contributed by atoms with Gasteiger partial charge in [-0.3, -0.25) is 23.8 Å². The van der Waals surface area contributed by atoms with Crippen LogP contribution in [0.4, 0.5) is 0 Å². The third kappa shape index (κ3) is 10.0. The van der Waals surface area contributed by atoms with Gasteiger partial charge in [0, 0.05) is 19.8 Å². The predicted molar refractivity (Wildman–Crippen MR) is 206 cm³/mol. The van der Waals surface area contributed by atoms with Gasteiger partial charge in [0.2, 0.25) is 12.3 Å². The third-order valence-corrected chi connectivity index (χ3v) is 10.9. The highest BCUT2D eigenvalue weighted by molar-refractivity contribution is 7.62. The number of carbonyl (C=O) groups is 3. The van der Waals surface area contributed by atoms with E-state index in [-0.39, 0.29) is 30.2 Å². The van der Waals surface area contributed by atoms with Crippen molar-refractivity contribution < 1.29 is 42.0 Å². The Morgan fingerprint density at radius 3 is 2.30 bits per heavy atom. The van der Waals surface area contributed by atoms with Gasteiger partial charge in [0.25, 0.3) is 5.91 Å². The van der Waals surface area contributed by atoms with E-state index in [1.54, 1.807) is 24.3 Å². The molecule has 0 aliphatic carbocycles. The summed E-state index contributed by atoms with van der Waals surface area (Å²) >= 11 is 0. The van der Waals surface area contributed by atoms with E-state index in [2.05, 4.69) is 22.8 Å². The molecule has 0 aliphatic heterocycles. The molecule has 13 heteroatoms. The van der Waals surface area contributed by atoms with Gasteiger partial charge in [-0.25, -0.2) is 5.06 Å². The van der Waals surface area contributed by atoms with Crippen molar-refractivity contribution in [1.82, 2.24) is 15.7 Å². The third-order valence-electron chi connectivity index (χ3n) is 9.06. The Hall–Kier alpha value is -5.26. The number of nitrogens with zero attached hydrogens (tertiary/aromatic N) is 1. The first-order valence-corrected chi connectivity index (χ1v) is 19.3. The van der Waals surface area contributed by atoms with E-state index in [1.807, 2.05) is 74.5 Å². The lowest BCUT2D eigenvalue weighted by atomic mass is 9.89. The molecule has 0 fully saturated rings. The molecule has 0 saturated heterocycles. The van der Waals surface area contributed by atoms with E-state index < -0.39 is 25.5 Å². The topological polar surface area (TPSA) is 146 Å². The standard InChI is InChI=1S/C41H46N3O9P/c1-5-37(44(28-45)52-26-30-12-8-7-9-13-30)36(19-17-29-16-18-31-14-10-11-15-32(31)22-29)40(46)42-27-43-41(47)39-21-20-38(53-39)33-23-34(51-6-2)25-35(24-33)54(48,49-3)50-4/h7-16,18,20-25,28,36-37H,5-6,17,19,26-27H2,1-4H3,(H,42,46)(H,43,47)/t36-,37-/m1/s1. The Morgan fingerprint density at radius 2 is 1.59 bits per heavy atom. The quantitative estimate of drug-likeness (QED) is 0.0370. The van der Waals surface area contributed by atoms with Crippen LogP contribution in [0.1, 0.15) is 48.4 Å². The average Bonchev–Trinajstić information content (AvgIpc) is 3.71. The van der Waals surface area contributed by atoms with Gasteiger partial charge >= 0.3 is 7.60 Å². The number of amides is 3. The van der Waals surface area contributed by atoms with Crippen molar-refractivity contribution in [2.24, 2.45) is 5.92 Å². The Labute approximate surface area is 315 Å². The van der Waals surface area contributed by atoms with Crippen molar-refractivity contribution in [3.05, 3.63) is 120 Å². The number of ether oxygens (including phenoxy) is 1. The van der Waals surface area contributed by atoms with Crippen LogP contribution in [0.3, 0.4) is 0 Å². The van der Waals surface area contributed by atoms with Gasteiger partial charge in [0.05, 0.1) is 30.5 Å². The maximum atomic E-state index is 13.9. The Balaban J connectivity index is 1.29. The van der Waals surface area contributed by atoms with Crippen LogP contribution < -0.4 is 20.7 Å². The first kappa shape index (κ1) is 39.9. The van der Waals surface area contributed by atoms with E-state index >= 15 is 0 Å². The van der Waals surface area contributed by atoms with E-state index in [0.717, 1.165) is 21.9 Å². The second kappa shape index (κ2) is 19.2. The molecule has 284 valence electrons. The van der Waals surface area contributed by atoms with Crippen molar-refractivity contribution in [2.45, 2.75) is 45.8 Å². The normalized spacial score (nSPS) is 12.5. The molecule has 4 aromatic carbocycles. The molecule has 0 aliphatic rings. The van der Waals surface area contributed by atoms with Gasteiger partial charge < -0.3 is 28.8 Å². The van der Waals surface area contributed by atoms with Crippen LogP contribution in [0.25, 0.3) is 22.1 Å². The summed E-state index contributed by atoms with van der Waals surface area (Å²) in [6, 6.07) is 31.1. The number of nitrogens with one attached hydrogen (secondary N) is 2. The van der Waals surface area contributed by atoms with Gasteiger partial charge in [-0.15, -0.1) is 0 Å². The molecule has 0 unspecified atom stereocenters. The molecule has 0 saturated carbocycles. The largest absolute Gasteiger partial charge is 0.494 e. The summed E-state index contributed by atoms with van der Waals surface area (Å²) in [5.41, 5.74) is 2.43. The van der Waals surface area contributed by atoms with E-state index in [9.17, 15) is 18.9 Å². The molecule has 0 radical (unpaired) electrons. The lowest BCUT2D eigenvalue weighted by Crippen LogP contribution is -2.48. The van der Waals surface area contributed by atoms with Crippen molar-refractivity contribution in [1.29, 1.82) is 0 Å². The average molecular weight is 756 g/mol. The molecule has 54 heavy (non-hydrogen) atoms. The highest BCUT2D eigenvalue weighted by Gasteiger charge is 2.32. The zero-order valence-electron chi connectivity index (χ0n) is 30.9. The second-order valence-corrected chi connectivity index (χ2v) is 14.7. The van der Waals surface area contributed by atoms with Crippen molar-refractivity contribution >= 4 is 41.9 Å². The number of aryl methyl sites for hydroxylation is 1. The first-order chi connectivity index (χ1) is 26.2. The zero-order chi connectivity index (χ0) is 38.5. The minimum atomic E-state index is -3.62. The number of carbonyl (C=O) groups excluding carboxylic acids is 3. The van der Waals surface area contributed by atoms with Crippen LogP contribution in [-0.4, -0.2) is 56.8 Å². The monoisotopic (exact) mass is 755 g/mol. The fraction of sp³-hybridized carbons (Fsp3) is 0.293. The predicted octanol–water partition coefficient (Wildman–Crippen LogP) is 7.03. The molecule has 1 aromatic heterocycles. The number of furan rings is 1. The molecule has 2 N–H and O–H groups in total. The zero-order valence-corrected chi connectivity index (χ0v) is 31.8. The number of benzene rings is 4. The SMILES string of the molecule is CCOc1cc(-c2ccc(C(=O)NCNC(=O)[C@H](CCc3ccc4ccccc4c3)[C@@H](CC)N(C=O)OCc3ccccc3)o2)cc(P(=O)(OC)OC)c1. The summed E-state index contributed by atoms with van der Waals surface area (Å²) < 4.78 is 35.0. The van der Waals surface area contributed by atoms with Crippen LogP contribution in [0.2, 0.25) is 0 Å². The van der Waals surface area contributed by atoms with E-state index in [4.69, 9.17) is 23.0 Å². The summed E-state index contributed by atoms with van der Waals surface area (Å²) in [6.45, 7) is 4.04. The summed E-state index contributed by atoms with van der Waals surface area (Å²) in [4.78, 5) is 45.4. The molecule has 2 atom stereocenters. The highest BCUT2D eigenvalue weighted by Crippen LogP contribution is 2.46. The fourth-order valence-electron chi connectivity index (χ4n) is 6.25. The van der Waals surface area contributed by atoms with E-state index in [1.165, 1.54) is 25.3 Å². The van der Waals surface area contributed by atoms with Gasteiger partial charge in [-0.2, -0.15) is 0 Å². The maximum absolute atomic E-state index is 13.9. The molecular formula is C41H46N3O9P. The highest BCUT2D eigenvalue weighted by atomic mass is 31.2. The van der Waals surface area contributed by atoms with Crippen LogP contribution in [-0.2, 0) is 41.1 Å².